The summed E-state index contributed by atoms with van der Waals surface area (Å²) in [7, 11) is 0. The molecular weight excluding hydrogens is 703 g/mol. The molecule has 0 radical (unpaired) electrons. The molecule has 0 unspecified atom stereocenters. The van der Waals surface area contributed by atoms with Crippen LogP contribution >= 0.6 is 23.2 Å². The van der Waals surface area contributed by atoms with Gasteiger partial charge in [0, 0.05) is 55.3 Å². The fourth-order valence-electron chi connectivity index (χ4n) is 6.10. The third-order valence-corrected chi connectivity index (χ3v) is 9.33. The quantitative estimate of drug-likeness (QED) is 0.209. The summed E-state index contributed by atoms with van der Waals surface area (Å²) in [5, 5.41) is 18.2. The number of ether oxygens (including phenoxy) is 1. The number of aromatic nitrogens is 4. The molecule has 2 N–H and O–H groups in total. The number of rotatable bonds is 5. The Morgan fingerprint density at radius 1 is 0.961 bits per heavy atom. The van der Waals surface area contributed by atoms with Gasteiger partial charge in [0.25, 0.3) is 0 Å². The average Bonchev–Trinajstić information content (AvgIpc) is 3.76. The van der Waals surface area contributed by atoms with Crippen LogP contribution in [0.3, 0.4) is 0 Å². The van der Waals surface area contributed by atoms with Crippen LogP contribution in [0.2, 0.25) is 10.0 Å². The smallest absolute Gasteiger partial charge is 0.410 e. The van der Waals surface area contributed by atoms with Crippen LogP contribution in [0, 0.1) is 23.0 Å². The Morgan fingerprint density at radius 2 is 1.53 bits per heavy atom. The Bertz CT molecular complexity index is 1900. The summed E-state index contributed by atoms with van der Waals surface area (Å²) in [5.74, 6) is 1.02. The van der Waals surface area contributed by atoms with Crippen LogP contribution in [0.5, 0.6) is 0 Å². The Hall–Kier alpha value is -4.67. The summed E-state index contributed by atoms with van der Waals surface area (Å²) in [5.41, 5.74) is 2.36. The van der Waals surface area contributed by atoms with Gasteiger partial charge in [0.2, 0.25) is 0 Å². The Balaban J connectivity index is 0.000000205. The molecule has 2 fully saturated rings. The number of likely N-dealkylation sites (tertiary alicyclic amines) is 2. The van der Waals surface area contributed by atoms with Crippen molar-refractivity contribution < 1.29 is 28.2 Å². The maximum atomic E-state index is 13.5. The van der Waals surface area contributed by atoms with Crippen LogP contribution in [0.4, 0.5) is 18.4 Å². The molecule has 0 saturated carbocycles. The predicted octanol–water partition coefficient (Wildman–Crippen LogP) is 8.71. The zero-order valence-electron chi connectivity index (χ0n) is 28.5. The molecule has 2 saturated heterocycles. The van der Waals surface area contributed by atoms with Crippen molar-refractivity contribution in [2.24, 2.45) is 0 Å². The number of halogens is 4. The third-order valence-electron chi connectivity index (χ3n) is 8.75. The number of carbonyl (C=O) groups excluding carboxylic acids is 1. The van der Waals surface area contributed by atoms with E-state index in [4.69, 9.17) is 38.0 Å². The standard InChI is InChI=1S/C21H24ClFN4O2.C15H15ClFN3O2/c1-21(2,3)29-20(28)26-9-6-14(7-10-26)19-25-18(13-27(19)11-8-24)15-4-5-17(23)16(22)12-15;16-11-7-10(1-2-12(11)17)13-8-18-14(19-13)9-3-5-20(6-4-9)15(21)22/h4-5,12-14H,6-7,9-11H2,1-3H3;1-2,7-9H,3-6H2,(H,18,19)(H,21,22). The van der Waals surface area contributed by atoms with Gasteiger partial charge < -0.3 is 29.2 Å². The van der Waals surface area contributed by atoms with E-state index in [2.05, 4.69) is 16.0 Å². The van der Waals surface area contributed by atoms with E-state index in [9.17, 15) is 23.6 Å². The molecule has 270 valence electrons. The first-order chi connectivity index (χ1) is 24.2. The van der Waals surface area contributed by atoms with Crippen molar-refractivity contribution in [1.82, 2.24) is 29.3 Å². The molecule has 2 aromatic heterocycles. The minimum Gasteiger partial charge on any atom is -0.465 e. The van der Waals surface area contributed by atoms with Crippen LogP contribution in [0.15, 0.2) is 48.8 Å². The van der Waals surface area contributed by atoms with Crippen molar-refractivity contribution in [2.75, 3.05) is 26.2 Å². The van der Waals surface area contributed by atoms with Gasteiger partial charge in [-0.25, -0.2) is 28.3 Å². The molecule has 0 spiro atoms. The Kier molecular flexibility index (Phi) is 11.9. The maximum absolute atomic E-state index is 13.5. The van der Waals surface area contributed by atoms with Crippen LogP contribution < -0.4 is 0 Å². The fourth-order valence-corrected chi connectivity index (χ4v) is 6.46. The zero-order valence-corrected chi connectivity index (χ0v) is 30.0. The van der Waals surface area contributed by atoms with Gasteiger partial charge >= 0.3 is 12.2 Å². The Labute approximate surface area is 304 Å². The second kappa shape index (κ2) is 16.1. The van der Waals surface area contributed by atoms with E-state index < -0.39 is 23.3 Å². The molecule has 0 bridgehead atoms. The molecule has 51 heavy (non-hydrogen) atoms. The average molecular weight is 743 g/mol. The first kappa shape index (κ1) is 37.6. The normalized spacial score (nSPS) is 15.6. The number of nitrogens with zero attached hydrogens (tertiary/aromatic N) is 6. The van der Waals surface area contributed by atoms with E-state index >= 15 is 0 Å². The van der Waals surface area contributed by atoms with Crippen molar-refractivity contribution in [2.45, 2.75) is 70.4 Å². The molecule has 15 heteroatoms. The number of nitriles is 1. The second-order valence-electron chi connectivity index (χ2n) is 13.5. The second-order valence-corrected chi connectivity index (χ2v) is 14.3. The number of hydrogen-bond acceptors (Lipinski definition) is 6. The summed E-state index contributed by atoms with van der Waals surface area (Å²) in [4.78, 5) is 38.6. The lowest BCUT2D eigenvalue weighted by atomic mass is 9.96. The number of H-pyrrole nitrogens is 1. The monoisotopic (exact) mass is 741 g/mol. The van der Waals surface area contributed by atoms with E-state index in [1.54, 1.807) is 35.5 Å². The highest BCUT2D eigenvalue weighted by molar-refractivity contribution is 6.31. The molecule has 4 aromatic rings. The van der Waals surface area contributed by atoms with Crippen LogP contribution in [-0.2, 0) is 11.3 Å². The van der Waals surface area contributed by atoms with E-state index in [-0.39, 0.29) is 34.5 Å². The number of piperidine rings is 2. The summed E-state index contributed by atoms with van der Waals surface area (Å²) in [6, 6.07) is 11.1. The molecule has 2 aliphatic heterocycles. The molecule has 2 aromatic carbocycles. The van der Waals surface area contributed by atoms with Crippen molar-refractivity contribution in [3.05, 3.63) is 82.1 Å². The largest absolute Gasteiger partial charge is 0.465 e. The van der Waals surface area contributed by atoms with Crippen molar-refractivity contribution in [3.8, 4) is 28.6 Å². The minimum absolute atomic E-state index is 0.0320. The molecular formula is C36H39Cl2F2N7O4. The molecule has 2 amide bonds. The highest BCUT2D eigenvalue weighted by Gasteiger charge is 2.30. The SMILES string of the molecule is CC(C)(C)OC(=O)N1CCC(c2nc(-c3ccc(F)c(Cl)c3)cn2CC#N)CC1.O=C(O)N1CCC(c2ncc(-c3ccc(F)c(Cl)c3)[nH]2)CC1. The zero-order chi connectivity index (χ0) is 36.9. The molecule has 0 aliphatic carbocycles. The van der Waals surface area contributed by atoms with Crippen molar-refractivity contribution >= 4 is 35.4 Å². The number of carboxylic acid groups (broad SMARTS) is 1. The van der Waals surface area contributed by atoms with E-state index in [1.807, 2.05) is 25.3 Å². The number of benzene rings is 2. The number of aromatic amines is 1. The van der Waals surface area contributed by atoms with E-state index in [0.717, 1.165) is 48.6 Å². The number of nitrogens with one attached hydrogen (secondary N) is 1. The molecule has 11 nitrogen and oxygen atoms in total. The van der Waals surface area contributed by atoms with Crippen LogP contribution in [-0.4, -0.2) is 78.4 Å². The van der Waals surface area contributed by atoms with E-state index in [0.29, 0.717) is 37.4 Å². The predicted molar refractivity (Wildman–Crippen MR) is 189 cm³/mol. The molecule has 4 heterocycles. The number of amides is 2. The number of imidazole rings is 2. The number of hydrogen-bond donors (Lipinski definition) is 2. The topological polar surface area (TPSA) is 140 Å². The first-order valence-electron chi connectivity index (χ1n) is 16.6. The molecule has 2 aliphatic rings. The van der Waals surface area contributed by atoms with Gasteiger partial charge in [0.1, 0.15) is 35.4 Å². The summed E-state index contributed by atoms with van der Waals surface area (Å²) in [6.07, 6.45) is 5.24. The molecule has 6 rings (SSSR count). The Morgan fingerprint density at radius 3 is 2.10 bits per heavy atom. The fraction of sp³-hybridized carbons (Fsp3) is 0.417. The van der Waals surface area contributed by atoms with Gasteiger partial charge in [0.15, 0.2) is 0 Å². The van der Waals surface area contributed by atoms with E-state index in [1.165, 1.54) is 23.1 Å². The number of carbonyl (C=O) groups is 2. The summed E-state index contributed by atoms with van der Waals surface area (Å²) < 4.78 is 33.9. The first-order valence-corrected chi connectivity index (χ1v) is 17.3. The van der Waals surface area contributed by atoms with Gasteiger partial charge in [-0.3, -0.25) is 0 Å². The van der Waals surface area contributed by atoms with Gasteiger partial charge in [0.05, 0.1) is 33.7 Å². The third kappa shape index (κ3) is 9.56. The highest BCUT2D eigenvalue weighted by atomic mass is 35.5. The highest BCUT2D eigenvalue weighted by Crippen LogP contribution is 2.32. The van der Waals surface area contributed by atoms with Crippen molar-refractivity contribution in [1.29, 1.82) is 5.26 Å². The lowest BCUT2D eigenvalue weighted by molar-refractivity contribution is 0.0202. The lowest BCUT2D eigenvalue weighted by Gasteiger charge is -2.33. The van der Waals surface area contributed by atoms with Crippen molar-refractivity contribution in [3.63, 3.8) is 0 Å². The van der Waals surface area contributed by atoms with Gasteiger partial charge in [-0.15, -0.1) is 0 Å². The van der Waals surface area contributed by atoms with Gasteiger partial charge in [-0.05, 0) is 82.9 Å². The summed E-state index contributed by atoms with van der Waals surface area (Å²) >= 11 is 11.7. The minimum atomic E-state index is -0.875. The maximum Gasteiger partial charge on any atom is 0.410 e. The lowest BCUT2D eigenvalue weighted by Crippen LogP contribution is -2.41. The molecule has 0 atom stereocenters. The van der Waals surface area contributed by atoms with Crippen LogP contribution in [0.1, 0.15) is 69.9 Å². The van der Waals surface area contributed by atoms with Crippen LogP contribution in [0.25, 0.3) is 22.5 Å². The van der Waals surface area contributed by atoms with Gasteiger partial charge in [-0.1, -0.05) is 23.2 Å². The van der Waals surface area contributed by atoms with Gasteiger partial charge in [-0.2, -0.15) is 5.26 Å². The summed E-state index contributed by atoms with van der Waals surface area (Å²) in [6.45, 7) is 7.87.